The van der Waals surface area contributed by atoms with Crippen molar-refractivity contribution in [3.8, 4) is 28.0 Å². The van der Waals surface area contributed by atoms with E-state index in [4.69, 9.17) is 0 Å². The van der Waals surface area contributed by atoms with Crippen LogP contribution in [-0.2, 0) is 23.3 Å². The molecule has 0 aliphatic rings. The van der Waals surface area contributed by atoms with E-state index in [1.165, 1.54) is 11.1 Å². The molecule has 1 aromatic heterocycles. The second-order valence-electron chi connectivity index (χ2n) is 13.7. The number of rotatable bonds is 5. The van der Waals surface area contributed by atoms with E-state index in [1.807, 2.05) is 74.5 Å². The van der Waals surface area contributed by atoms with Crippen molar-refractivity contribution in [2.24, 2.45) is 3.50 Å². The molecule has 0 saturated carbocycles. The predicted molar refractivity (Wildman–Crippen MR) is 211 cm³/mol. The second-order valence-corrected chi connectivity index (χ2v) is 16.2. The Bertz CT molecular complexity index is 2230. The Morgan fingerprint density at radius 3 is 1.48 bits per heavy atom. The van der Waals surface area contributed by atoms with Crippen molar-refractivity contribution in [3.63, 3.8) is 0 Å². The minimum absolute atomic E-state index is 0. The van der Waals surface area contributed by atoms with E-state index >= 15 is 0 Å². The molecule has 6 aromatic rings. The summed E-state index contributed by atoms with van der Waals surface area (Å²) in [6, 6.07) is 27.7. The average molecular weight is 932 g/mol. The SMILES string of the molecule is Brc1cccnc1.CC(C)([CH]=[Mo+2]=[N]c1c(F)c(F)c(F)c(F)c1F)c1ccccc1.Cc1cc(C)c(-c2cccc(-c3c(C)cc(C)cc3C)c2[O-])c(C)c1.[Cl-]. The fourth-order valence-electron chi connectivity index (χ4n) is 6.30. The Labute approximate surface area is 348 Å². The van der Waals surface area contributed by atoms with E-state index in [0.29, 0.717) is 0 Å². The molecule has 0 fully saturated rings. The Morgan fingerprint density at radius 1 is 0.643 bits per heavy atom. The molecular formula is C45H41BrClF5MoN2O. The van der Waals surface area contributed by atoms with Crippen molar-refractivity contribution < 1.29 is 57.4 Å². The van der Waals surface area contributed by atoms with Crippen LogP contribution in [0.25, 0.3) is 22.3 Å². The summed E-state index contributed by atoms with van der Waals surface area (Å²) in [5.41, 5.74) is 10.3. The minimum atomic E-state index is -2.17. The van der Waals surface area contributed by atoms with Crippen LogP contribution in [0.5, 0.6) is 5.75 Å². The Morgan fingerprint density at radius 2 is 1.09 bits per heavy atom. The first kappa shape index (κ1) is 46.2. The van der Waals surface area contributed by atoms with Gasteiger partial charge >= 0.3 is 138 Å². The molecular weight excluding hydrogens is 891 g/mol. The zero-order valence-electron chi connectivity index (χ0n) is 32.2. The van der Waals surface area contributed by atoms with Crippen LogP contribution in [0.15, 0.2) is 105 Å². The van der Waals surface area contributed by atoms with Crippen LogP contribution >= 0.6 is 15.9 Å². The summed E-state index contributed by atoms with van der Waals surface area (Å²) in [5, 5.41) is 13.3. The van der Waals surface area contributed by atoms with Gasteiger partial charge < -0.3 is 17.5 Å². The molecule has 0 spiro atoms. The summed E-state index contributed by atoms with van der Waals surface area (Å²) in [7, 11) is 0. The number of aryl methyl sites for hydroxylation is 6. The predicted octanol–water partition coefficient (Wildman–Crippen LogP) is 9.85. The van der Waals surface area contributed by atoms with Gasteiger partial charge in [0.15, 0.2) is 0 Å². The third-order valence-corrected chi connectivity index (χ3v) is 11.6. The number of aromatic nitrogens is 1. The molecule has 0 amide bonds. The molecule has 292 valence electrons. The first-order chi connectivity index (χ1) is 25.9. The molecule has 0 N–H and O–H groups in total. The second kappa shape index (κ2) is 20.3. The largest absolute Gasteiger partial charge is 1.00 e. The van der Waals surface area contributed by atoms with Gasteiger partial charge in [-0.15, -0.1) is 0 Å². The molecule has 0 unspecified atom stereocenters. The van der Waals surface area contributed by atoms with Gasteiger partial charge in [0.2, 0.25) is 0 Å². The van der Waals surface area contributed by atoms with Gasteiger partial charge in [-0.1, -0.05) is 59.3 Å². The van der Waals surface area contributed by atoms with Crippen molar-refractivity contribution in [2.75, 3.05) is 0 Å². The van der Waals surface area contributed by atoms with Crippen LogP contribution in [0, 0.1) is 70.6 Å². The maximum atomic E-state index is 13.5. The Balaban J connectivity index is 0.000000252. The van der Waals surface area contributed by atoms with Crippen molar-refractivity contribution in [1.82, 2.24) is 4.98 Å². The summed E-state index contributed by atoms with van der Waals surface area (Å²) < 4.78 is 72.7. The van der Waals surface area contributed by atoms with Crippen LogP contribution < -0.4 is 17.5 Å². The van der Waals surface area contributed by atoms with Crippen LogP contribution in [-0.4, -0.2) is 9.38 Å². The first-order valence-electron chi connectivity index (χ1n) is 17.2. The summed E-state index contributed by atoms with van der Waals surface area (Å²) in [5.74, 6) is -9.79. The molecule has 0 radical (unpaired) electrons. The number of hydrogen-bond acceptors (Lipinski definition) is 3. The van der Waals surface area contributed by atoms with Crippen LogP contribution in [0.2, 0.25) is 0 Å². The van der Waals surface area contributed by atoms with Crippen molar-refractivity contribution in [2.45, 2.75) is 60.8 Å². The van der Waals surface area contributed by atoms with Gasteiger partial charge in [-0.3, -0.25) is 4.98 Å². The van der Waals surface area contributed by atoms with Crippen molar-refractivity contribution in [1.29, 1.82) is 0 Å². The van der Waals surface area contributed by atoms with Gasteiger partial charge in [-0.05, 0) is 114 Å². The third kappa shape index (κ3) is 11.2. The maximum absolute atomic E-state index is 13.5. The number of nitrogens with zero attached hydrogens (tertiary/aromatic N) is 2. The zero-order valence-corrected chi connectivity index (χ0v) is 36.5. The molecule has 0 aliphatic heterocycles. The first-order valence-corrected chi connectivity index (χ1v) is 20.1. The molecule has 0 bridgehead atoms. The van der Waals surface area contributed by atoms with E-state index in [-0.39, 0.29) is 18.2 Å². The van der Waals surface area contributed by atoms with E-state index in [0.717, 1.165) is 54.5 Å². The van der Waals surface area contributed by atoms with Gasteiger partial charge in [0, 0.05) is 16.9 Å². The summed E-state index contributed by atoms with van der Waals surface area (Å²) in [6.45, 7) is 16.3. The number of halogens is 7. The number of benzene rings is 5. The van der Waals surface area contributed by atoms with Crippen molar-refractivity contribution >= 4 is 26.0 Å². The van der Waals surface area contributed by atoms with Gasteiger partial charge in [-0.25, -0.2) is 0 Å². The molecule has 11 heteroatoms. The number of hydrogen-bond donors (Lipinski definition) is 0. The van der Waals surface area contributed by atoms with Gasteiger partial charge in [0.25, 0.3) is 0 Å². The summed E-state index contributed by atoms with van der Waals surface area (Å²) in [6.07, 6.45) is 3.49. The van der Waals surface area contributed by atoms with Crippen LogP contribution in [0.4, 0.5) is 27.6 Å². The Kier molecular flexibility index (Phi) is 16.8. The molecule has 56 heavy (non-hydrogen) atoms. The topological polar surface area (TPSA) is 48.3 Å². The van der Waals surface area contributed by atoms with Gasteiger partial charge in [-0.2, -0.15) is 0 Å². The number of para-hydroxylation sites is 1. The molecule has 0 atom stereocenters. The third-order valence-electron chi connectivity index (χ3n) is 8.73. The monoisotopic (exact) mass is 932 g/mol. The van der Waals surface area contributed by atoms with Gasteiger partial charge in [0.1, 0.15) is 0 Å². The summed E-state index contributed by atoms with van der Waals surface area (Å²) in [4.78, 5) is 3.84. The maximum Gasteiger partial charge on any atom is -0.0131 e. The molecule has 1 heterocycles. The van der Waals surface area contributed by atoms with Crippen LogP contribution in [0.1, 0.15) is 52.8 Å². The molecule has 0 saturated heterocycles. The van der Waals surface area contributed by atoms with E-state index < -0.39 is 58.1 Å². The fraction of sp³-hybridized carbons (Fsp3) is 0.200. The smallest absolute Gasteiger partial charge is 0.0131 e. The molecule has 3 nitrogen and oxygen atoms in total. The quantitative estimate of drug-likeness (QED) is 0.0749. The van der Waals surface area contributed by atoms with E-state index in [9.17, 15) is 27.1 Å². The molecule has 5 aromatic carbocycles. The van der Waals surface area contributed by atoms with E-state index in [2.05, 4.69) is 90.2 Å². The average Bonchev–Trinajstić information content (AvgIpc) is 3.13. The van der Waals surface area contributed by atoms with Crippen molar-refractivity contribution in [3.05, 3.63) is 170 Å². The molecule has 6 rings (SSSR count). The molecule has 0 aliphatic carbocycles. The minimum Gasteiger partial charge on any atom is -1.00 e. The number of pyridine rings is 1. The van der Waals surface area contributed by atoms with Crippen LogP contribution in [0.3, 0.4) is 0 Å². The zero-order chi connectivity index (χ0) is 40.6. The van der Waals surface area contributed by atoms with Gasteiger partial charge in [0.05, 0.1) is 0 Å². The van der Waals surface area contributed by atoms with E-state index in [1.54, 1.807) is 16.8 Å². The summed E-state index contributed by atoms with van der Waals surface area (Å²) >= 11 is 1.78. The standard InChI is InChI=1S/C24H26O.C10H12.C6F5N.C5H4BrN.ClH.Mo/c1-14-10-16(3)22(17(4)11-14)20-8-7-9-21(24(20)25)23-18(5)12-15(2)13-19(23)6;1-10(2,3)9-7-5-4-6-8-9;7-1-2(8)4(10)6(12)5(11)3(1)9;6-5-2-1-3-7-4-5;;/h7-13,25H,1-6H3;1,4-8H,2-3H3;;1-4H;1H;/q;;;;;+2/p-2. The normalized spacial score (nSPS) is 10.5. The fourth-order valence-corrected chi connectivity index (χ4v) is 8.34. The Hall–Kier alpha value is -4.17.